The number of sulfonamides is 1. The molecular formula is C32H30N4O5S. The van der Waals surface area contributed by atoms with Gasteiger partial charge in [-0.15, -0.1) is 0 Å². The Kier molecular flexibility index (Phi) is 7.26. The Labute approximate surface area is 244 Å². The van der Waals surface area contributed by atoms with E-state index < -0.39 is 21.8 Å². The normalized spacial score (nSPS) is 15.2. The van der Waals surface area contributed by atoms with Gasteiger partial charge in [0.1, 0.15) is 0 Å². The Bertz CT molecular complexity index is 1820. The largest absolute Gasteiger partial charge is 0.303 e. The molecule has 2 heterocycles. The number of carbonyl (C=O) groups excluding carboxylic acids is 3. The molecular weight excluding hydrogens is 552 g/mol. The minimum absolute atomic E-state index is 0.0608. The van der Waals surface area contributed by atoms with E-state index in [1.807, 2.05) is 36.4 Å². The lowest BCUT2D eigenvalue weighted by molar-refractivity contribution is 0.0846. The fraction of sp³-hybridized carbons (Fsp3) is 0.219. The van der Waals surface area contributed by atoms with Gasteiger partial charge in [-0.05, 0) is 72.7 Å². The number of benzene rings is 4. The fourth-order valence-corrected chi connectivity index (χ4v) is 7.37. The van der Waals surface area contributed by atoms with Crippen LogP contribution in [-0.4, -0.2) is 43.5 Å². The Morgan fingerprint density at radius 3 is 2.17 bits per heavy atom. The molecule has 2 aliphatic rings. The van der Waals surface area contributed by atoms with Gasteiger partial charge in [-0.1, -0.05) is 48.9 Å². The zero-order chi connectivity index (χ0) is 29.4. The summed E-state index contributed by atoms with van der Waals surface area (Å²) in [6.07, 6.45) is 2.62. The molecule has 0 aromatic heterocycles. The molecule has 0 aliphatic carbocycles. The standard InChI is InChI=1S/C32H30N4O5S/c1-21-11-14-25(19-28(21)42(40,41)35-17-3-2-4-18-35)31(38)34-33-30(37)24-15-12-22(13-16-24)20-36-27-10-6-8-23-7-5-9-26(29(23)27)32(36)39/h5-16,19H,2-4,17-18,20H2,1H3,(H,33,37)(H,34,38). The molecule has 6 rings (SSSR count). The van der Waals surface area contributed by atoms with Gasteiger partial charge in [0.15, 0.2) is 0 Å². The van der Waals surface area contributed by atoms with E-state index in [1.165, 1.54) is 16.4 Å². The molecule has 9 nitrogen and oxygen atoms in total. The van der Waals surface area contributed by atoms with E-state index in [0.717, 1.165) is 41.3 Å². The summed E-state index contributed by atoms with van der Waals surface area (Å²) in [7, 11) is -3.72. The third kappa shape index (κ3) is 5.03. The van der Waals surface area contributed by atoms with Crippen molar-refractivity contribution in [1.29, 1.82) is 0 Å². The predicted molar refractivity (Wildman–Crippen MR) is 160 cm³/mol. The van der Waals surface area contributed by atoms with Gasteiger partial charge in [0.2, 0.25) is 10.0 Å². The molecule has 4 aromatic rings. The van der Waals surface area contributed by atoms with Gasteiger partial charge in [-0.2, -0.15) is 4.31 Å². The summed E-state index contributed by atoms with van der Waals surface area (Å²) in [4.78, 5) is 40.5. The molecule has 0 saturated carbocycles. The summed E-state index contributed by atoms with van der Waals surface area (Å²) in [5.41, 5.74) is 8.15. The van der Waals surface area contributed by atoms with Crippen molar-refractivity contribution >= 4 is 44.2 Å². The first-order valence-corrected chi connectivity index (χ1v) is 15.3. The average molecular weight is 583 g/mol. The smallest absolute Gasteiger partial charge is 0.269 e. The van der Waals surface area contributed by atoms with Gasteiger partial charge < -0.3 is 4.90 Å². The fourth-order valence-electron chi connectivity index (χ4n) is 5.60. The molecule has 214 valence electrons. The first kappa shape index (κ1) is 27.6. The van der Waals surface area contributed by atoms with Crippen LogP contribution >= 0.6 is 0 Å². The number of aryl methyl sites for hydroxylation is 1. The molecule has 4 aromatic carbocycles. The van der Waals surface area contributed by atoms with Crippen molar-refractivity contribution < 1.29 is 22.8 Å². The molecule has 2 aliphatic heterocycles. The zero-order valence-electron chi connectivity index (χ0n) is 23.1. The number of piperidine rings is 1. The lowest BCUT2D eigenvalue weighted by atomic mass is 10.1. The SMILES string of the molecule is Cc1ccc(C(=O)NNC(=O)c2ccc(CN3C(=O)c4cccc5cccc3c45)cc2)cc1S(=O)(=O)N1CCCCC1. The summed E-state index contributed by atoms with van der Waals surface area (Å²) < 4.78 is 27.9. The summed E-state index contributed by atoms with van der Waals surface area (Å²) >= 11 is 0. The number of amides is 3. The van der Waals surface area contributed by atoms with Crippen LogP contribution in [-0.2, 0) is 16.6 Å². The Morgan fingerprint density at radius 1 is 0.810 bits per heavy atom. The number of anilines is 1. The Hall–Kier alpha value is -4.54. The van der Waals surface area contributed by atoms with Crippen LogP contribution in [0.25, 0.3) is 10.8 Å². The predicted octanol–water partition coefficient (Wildman–Crippen LogP) is 4.56. The Morgan fingerprint density at radius 2 is 1.45 bits per heavy atom. The van der Waals surface area contributed by atoms with Crippen molar-refractivity contribution in [3.63, 3.8) is 0 Å². The zero-order valence-corrected chi connectivity index (χ0v) is 23.9. The van der Waals surface area contributed by atoms with Crippen molar-refractivity contribution in [2.45, 2.75) is 37.6 Å². The Balaban J connectivity index is 1.10. The maximum atomic E-state index is 13.2. The van der Waals surface area contributed by atoms with Gasteiger partial charge in [0, 0.05) is 35.2 Å². The van der Waals surface area contributed by atoms with E-state index in [0.29, 0.717) is 36.3 Å². The first-order valence-electron chi connectivity index (χ1n) is 13.9. The van der Waals surface area contributed by atoms with E-state index in [-0.39, 0.29) is 16.4 Å². The highest BCUT2D eigenvalue weighted by Gasteiger charge is 2.30. The van der Waals surface area contributed by atoms with Crippen LogP contribution in [0.2, 0.25) is 0 Å². The molecule has 0 spiro atoms. The van der Waals surface area contributed by atoms with Crippen LogP contribution < -0.4 is 15.8 Å². The highest BCUT2D eigenvalue weighted by Crippen LogP contribution is 2.38. The summed E-state index contributed by atoms with van der Waals surface area (Å²) in [5, 5.41) is 1.96. The molecule has 3 amide bonds. The van der Waals surface area contributed by atoms with Crippen molar-refractivity contribution in [2.75, 3.05) is 18.0 Å². The molecule has 0 radical (unpaired) electrons. The monoisotopic (exact) mass is 582 g/mol. The molecule has 0 bridgehead atoms. The van der Waals surface area contributed by atoms with E-state index in [2.05, 4.69) is 10.9 Å². The van der Waals surface area contributed by atoms with Crippen LogP contribution in [0, 0.1) is 6.92 Å². The van der Waals surface area contributed by atoms with Crippen molar-refractivity contribution in [3.8, 4) is 0 Å². The van der Waals surface area contributed by atoms with Crippen LogP contribution in [0.3, 0.4) is 0 Å². The van der Waals surface area contributed by atoms with Gasteiger partial charge in [-0.25, -0.2) is 8.42 Å². The number of hydrazine groups is 1. The van der Waals surface area contributed by atoms with Crippen molar-refractivity contribution in [1.82, 2.24) is 15.2 Å². The van der Waals surface area contributed by atoms with E-state index in [9.17, 15) is 22.8 Å². The quantitative estimate of drug-likeness (QED) is 0.324. The molecule has 0 unspecified atom stereocenters. The maximum absolute atomic E-state index is 13.2. The van der Waals surface area contributed by atoms with Gasteiger partial charge >= 0.3 is 0 Å². The second-order valence-electron chi connectivity index (χ2n) is 10.6. The minimum atomic E-state index is -3.72. The summed E-state index contributed by atoms with van der Waals surface area (Å²) in [6.45, 7) is 2.97. The molecule has 0 atom stereocenters. The van der Waals surface area contributed by atoms with Gasteiger partial charge in [-0.3, -0.25) is 25.2 Å². The van der Waals surface area contributed by atoms with Crippen LogP contribution in [0.1, 0.15) is 61.5 Å². The third-order valence-electron chi connectivity index (χ3n) is 7.88. The molecule has 2 N–H and O–H groups in total. The number of nitrogens with one attached hydrogen (secondary N) is 2. The molecule has 10 heteroatoms. The minimum Gasteiger partial charge on any atom is -0.303 e. The lowest BCUT2D eigenvalue weighted by Crippen LogP contribution is -2.41. The summed E-state index contributed by atoms with van der Waals surface area (Å²) in [6, 6.07) is 22.8. The lowest BCUT2D eigenvalue weighted by Gasteiger charge is -2.26. The van der Waals surface area contributed by atoms with E-state index in [1.54, 1.807) is 42.2 Å². The number of hydrogen-bond acceptors (Lipinski definition) is 5. The maximum Gasteiger partial charge on any atom is 0.269 e. The van der Waals surface area contributed by atoms with E-state index >= 15 is 0 Å². The number of nitrogens with zero attached hydrogens (tertiary/aromatic N) is 2. The highest BCUT2D eigenvalue weighted by atomic mass is 32.2. The summed E-state index contributed by atoms with van der Waals surface area (Å²) in [5.74, 6) is -1.22. The van der Waals surface area contributed by atoms with Crippen LogP contribution in [0.4, 0.5) is 5.69 Å². The van der Waals surface area contributed by atoms with Crippen LogP contribution in [0.5, 0.6) is 0 Å². The number of hydrogen-bond donors (Lipinski definition) is 2. The van der Waals surface area contributed by atoms with E-state index in [4.69, 9.17) is 0 Å². The van der Waals surface area contributed by atoms with Crippen molar-refractivity contribution in [3.05, 3.63) is 107 Å². The average Bonchev–Trinajstić information content (AvgIpc) is 3.28. The second-order valence-corrected chi connectivity index (χ2v) is 12.5. The number of rotatable bonds is 6. The van der Waals surface area contributed by atoms with Crippen LogP contribution in [0.15, 0.2) is 83.8 Å². The highest BCUT2D eigenvalue weighted by molar-refractivity contribution is 7.89. The second kappa shape index (κ2) is 11.0. The molecule has 1 fully saturated rings. The first-order chi connectivity index (χ1) is 20.2. The number of carbonyl (C=O) groups is 3. The molecule has 42 heavy (non-hydrogen) atoms. The molecule has 1 saturated heterocycles. The third-order valence-corrected chi connectivity index (χ3v) is 9.92. The van der Waals surface area contributed by atoms with Gasteiger partial charge in [0.25, 0.3) is 17.7 Å². The van der Waals surface area contributed by atoms with Gasteiger partial charge in [0.05, 0.1) is 17.1 Å². The van der Waals surface area contributed by atoms with Crippen molar-refractivity contribution in [2.24, 2.45) is 0 Å². The topological polar surface area (TPSA) is 116 Å².